The van der Waals surface area contributed by atoms with E-state index < -0.39 is 0 Å². The normalized spacial score (nSPS) is 11.0. The maximum Gasteiger partial charge on any atom is 0.191 e. The number of para-hydroxylation sites is 1. The molecule has 25 heavy (non-hydrogen) atoms. The molecule has 0 aromatic heterocycles. The topological polar surface area (TPSA) is 75.1 Å². The second-order valence-corrected chi connectivity index (χ2v) is 5.28. The predicted octanol–water partition coefficient (Wildman–Crippen LogP) is 2.53. The van der Waals surface area contributed by atoms with Gasteiger partial charge in [-0.3, -0.25) is 0 Å². The number of aliphatic imine (C=N–C) groups is 1. The third-order valence-corrected chi connectivity index (χ3v) is 3.44. The lowest BCUT2D eigenvalue weighted by atomic mass is 10.2. The lowest BCUT2D eigenvalue weighted by Crippen LogP contribution is -2.39. The van der Waals surface area contributed by atoms with E-state index in [1.807, 2.05) is 37.3 Å². The summed E-state index contributed by atoms with van der Waals surface area (Å²) in [5, 5.41) is 16.3. The highest BCUT2D eigenvalue weighted by Crippen LogP contribution is 2.23. The van der Waals surface area contributed by atoms with Crippen molar-refractivity contribution in [1.29, 1.82) is 0 Å². The predicted molar refractivity (Wildman–Crippen MR) is 99.4 cm³/mol. The Balaban J connectivity index is 1.87. The quantitative estimate of drug-likeness (QED) is 0.390. The molecule has 0 saturated heterocycles. The number of hydrogen-bond acceptors (Lipinski definition) is 4. The molecule has 0 atom stereocenters. The second-order valence-electron chi connectivity index (χ2n) is 5.28. The van der Waals surface area contributed by atoms with Gasteiger partial charge in [-0.05, 0) is 37.3 Å². The van der Waals surface area contributed by atoms with Crippen molar-refractivity contribution < 1.29 is 14.6 Å². The van der Waals surface area contributed by atoms with Crippen LogP contribution in [-0.4, -0.2) is 37.9 Å². The molecular formula is C19H25N3O3. The van der Waals surface area contributed by atoms with Crippen LogP contribution in [0.15, 0.2) is 53.5 Å². The summed E-state index contributed by atoms with van der Waals surface area (Å²) in [6, 6.07) is 14.8. The molecule has 0 amide bonds. The Bertz CT molecular complexity index is 675. The number of guanidine groups is 1. The second kappa shape index (κ2) is 10.1. The van der Waals surface area contributed by atoms with Crippen LogP contribution in [0.1, 0.15) is 12.5 Å². The standard InChI is InChI=1S/C19H25N3O3/c1-3-20-19(21-11-12-25-16-7-5-4-6-8-16)22-14-15-13-17(24-2)9-10-18(15)23/h4-10,13,23H,3,11-12,14H2,1-2H3,(H2,20,21,22). The van der Waals surface area contributed by atoms with E-state index in [2.05, 4.69) is 15.6 Å². The summed E-state index contributed by atoms with van der Waals surface area (Å²) in [5.41, 5.74) is 0.706. The average molecular weight is 343 g/mol. The van der Waals surface area contributed by atoms with E-state index in [0.29, 0.717) is 37.0 Å². The lowest BCUT2D eigenvalue weighted by molar-refractivity contribution is 0.322. The van der Waals surface area contributed by atoms with Gasteiger partial charge in [0, 0.05) is 12.1 Å². The number of benzene rings is 2. The van der Waals surface area contributed by atoms with Crippen molar-refractivity contribution in [3.8, 4) is 17.2 Å². The van der Waals surface area contributed by atoms with E-state index in [1.54, 1.807) is 25.3 Å². The summed E-state index contributed by atoms with van der Waals surface area (Å²) in [6.07, 6.45) is 0. The fourth-order valence-electron chi connectivity index (χ4n) is 2.18. The number of phenols is 1. The van der Waals surface area contributed by atoms with Gasteiger partial charge in [-0.25, -0.2) is 4.99 Å². The minimum absolute atomic E-state index is 0.202. The summed E-state index contributed by atoms with van der Waals surface area (Å²) < 4.78 is 10.8. The van der Waals surface area contributed by atoms with E-state index in [9.17, 15) is 5.11 Å². The van der Waals surface area contributed by atoms with Gasteiger partial charge >= 0.3 is 0 Å². The Kier molecular flexibility index (Phi) is 7.43. The highest BCUT2D eigenvalue weighted by molar-refractivity contribution is 5.79. The monoisotopic (exact) mass is 343 g/mol. The van der Waals surface area contributed by atoms with Crippen LogP contribution in [0, 0.1) is 0 Å². The van der Waals surface area contributed by atoms with Gasteiger partial charge in [0.25, 0.3) is 0 Å². The number of aromatic hydroxyl groups is 1. The maximum atomic E-state index is 9.93. The summed E-state index contributed by atoms with van der Waals surface area (Å²) in [4.78, 5) is 4.49. The largest absolute Gasteiger partial charge is 0.508 e. The molecule has 2 rings (SSSR count). The molecule has 3 N–H and O–H groups in total. The fourth-order valence-corrected chi connectivity index (χ4v) is 2.18. The average Bonchev–Trinajstić information content (AvgIpc) is 2.65. The zero-order chi connectivity index (χ0) is 17.9. The fraction of sp³-hybridized carbons (Fsp3) is 0.316. The number of methoxy groups -OCH3 is 1. The van der Waals surface area contributed by atoms with Crippen LogP contribution >= 0.6 is 0 Å². The minimum Gasteiger partial charge on any atom is -0.508 e. The SMILES string of the molecule is CCNC(=NCc1cc(OC)ccc1O)NCCOc1ccccc1. The number of phenolic OH excluding ortho intramolecular Hbond substituents is 1. The molecule has 0 bridgehead atoms. The van der Waals surface area contributed by atoms with E-state index >= 15 is 0 Å². The first-order valence-corrected chi connectivity index (χ1v) is 8.29. The van der Waals surface area contributed by atoms with Crippen molar-refractivity contribution in [3.63, 3.8) is 0 Å². The molecular weight excluding hydrogens is 318 g/mol. The van der Waals surface area contributed by atoms with E-state index in [-0.39, 0.29) is 5.75 Å². The van der Waals surface area contributed by atoms with E-state index in [1.165, 1.54) is 0 Å². The summed E-state index contributed by atoms with van der Waals surface area (Å²) in [7, 11) is 1.60. The van der Waals surface area contributed by atoms with Gasteiger partial charge in [0.2, 0.25) is 0 Å². The number of nitrogens with zero attached hydrogens (tertiary/aromatic N) is 1. The molecule has 0 fully saturated rings. The number of rotatable bonds is 8. The Morgan fingerprint density at radius 1 is 1.08 bits per heavy atom. The van der Waals surface area contributed by atoms with Gasteiger partial charge in [-0.15, -0.1) is 0 Å². The van der Waals surface area contributed by atoms with Crippen molar-refractivity contribution in [2.24, 2.45) is 4.99 Å². The van der Waals surface area contributed by atoms with Crippen LogP contribution in [-0.2, 0) is 6.54 Å². The van der Waals surface area contributed by atoms with Crippen molar-refractivity contribution in [2.45, 2.75) is 13.5 Å². The molecule has 0 heterocycles. The molecule has 2 aromatic rings. The maximum absolute atomic E-state index is 9.93. The first kappa shape index (κ1) is 18.4. The molecule has 6 heteroatoms. The Morgan fingerprint density at radius 3 is 2.60 bits per heavy atom. The van der Waals surface area contributed by atoms with Gasteiger partial charge in [0.15, 0.2) is 5.96 Å². The lowest BCUT2D eigenvalue weighted by Gasteiger charge is -2.12. The van der Waals surface area contributed by atoms with Crippen molar-refractivity contribution >= 4 is 5.96 Å². The van der Waals surface area contributed by atoms with Crippen molar-refractivity contribution in [3.05, 3.63) is 54.1 Å². The Morgan fingerprint density at radius 2 is 1.88 bits per heavy atom. The highest BCUT2D eigenvalue weighted by Gasteiger charge is 2.04. The smallest absolute Gasteiger partial charge is 0.191 e. The Labute approximate surface area is 148 Å². The zero-order valence-corrected chi connectivity index (χ0v) is 14.7. The third kappa shape index (κ3) is 6.25. The number of ether oxygens (including phenoxy) is 2. The molecule has 0 aliphatic rings. The summed E-state index contributed by atoms with van der Waals surface area (Å²) >= 11 is 0. The molecule has 0 radical (unpaired) electrons. The minimum atomic E-state index is 0.202. The van der Waals surface area contributed by atoms with Crippen LogP contribution in [0.5, 0.6) is 17.2 Å². The number of hydrogen-bond donors (Lipinski definition) is 3. The molecule has 6 nitrogen and oxygen atoms in total. The first-order valence-electron chi connectivity index (χ1n) is 8.29. The van der Waals surface area contributed by atoms with Gasteiger partial charge in [-0.1, -0.05) is 18.2 Å². The summed E-state index contributed by atoms with van der Waals surface area (Å²) in [5.74, 6) is 2.40. The van der Waals surface area contributed by atoms with Gasteiger partial charge in [0.05, 0.1) is 20.2 Å². The van der Waals surface area contributed by atoms with Crippen LogP contribution < -0.4 is 20.1 Å². The molecule has 0 spiro atoms. The van der Waals surface area contributed by atoms with Gasteiger partial charge in [-0.2, -0.15) is 0 Å². The molecule has 2 aromatic carbocycles. The van der Waals surface area contributed by atoms with Crippen LogP contribution in [0.2, 0.25) is 0 Å². The molecule has 0 aliphatic carbocycles. The van der Waals surface area contributed by atoms with Crippen LogP contribution in [0.3, 0.4) is 0 Å². The zero-order valence-electron chi connectivity index (χ0n) is 14.7. The van der Waals surface area contributed by atoms with E-state index in [4.69, 9.17) is 9.47 Å². The molecule has 0 aliphatic heterocycles. The van der Waals surface area contributed by atoms with Crippen molar-refractivity contribution in [1.82, 2.24) is 10.6 Å². The van der Waals surface area contributed by atoms with Crippen molar-refractivity contribution in [2.75, 3.05) is 26.8 Å². The molecule has 0 saturated carbocycles. The first-order chi connectivity index (χ1) is 12.2. The number of nitrogens with one attached hydrogen (secondary N) is 2. The highest BCUT2D eigenvalue weighted by atomic mass is 16.5. The third-order valence-electron chi connectivity index (χ3n) is 3.44. The Hall–Kier alpha value is -2.89. The van der Waals surface area contributed by atoms with Gasteiger partial charge < -0.3 is 25.2 Å². The molecule has 134 valence electrons. The van der Waals surface area contributed by atoms with Gasteiger partial charge in [0.1, 0.15) is 23.9 Å². The molecule has 0 unspecified atom stereocenters. The van der Waals surface area contributed by atoms with Crippen LogP contribution in [0.4, 0.5) is 0 Å². The van der Waals surface area contributed by atoms with Crippen LogP contribution in [0.25, 0.3) is 0 Å². The van der Waals surface area contributed by atoms with E-state index in [0.717, 1.165) is 12.3 Å². The summed E-state index contributed by atoms with van der Waals surface area (Å²) in [6.45, 7) is 4.23.